The van der Waals surface area contributed by atoms with Crippen LogP contribution in [-0.4, -0.2) is 23.3 Å². The average molecular weight is 258 g/mol. The van der Waals surface area contributed by atoms with Gasteiger partial charge in [-0.2, -0.15) is 0 Å². The molecule has 18 heavy (non-hydrogen) atoms. The Morgan fingerprint density at radius 1 is 1.28 bits per heavy atom. The van der Waals surface area contributed by atoms with Gasteiger partial charge in [0, 0.05) is 23.9 Å². The second kappa shape index (κ2) is 5.77. The maximum absolute atomic E-state index is 12.9. The van der Waals surface area contributed by atoms with Gasteiger partial charge in [0.2, 0.25) is 0 Å². The fraction of sp³-hybridized carbons (Fsp3) is 0.417. The van der Waals surface area contributed by atoms with Crippen molar-refractivity contribution in [1.29, 1.82) is 0 Å². The lowest BCUT2D eigenvalue weighted by Crippen LogP contribution is -2.46. The second-order valence-corrected chi connectivity index (χ2v) is 4.59. The van der Waals surface area contributed by atoms with E-state index < -0.39 is 23.2 Å². The Balaban J connectivity index is 2.64. The number of anilines is 1. The average Bonchev–Trinajstić information content (AvgIpc) is 2.13. The summed E-state index contributed by atoms with van der Waals surface area (Å²) < 4.78 is 25.8. The molecule has 0 heterocycles. The lowest BCUT2D eigenvalue weighted by molar-refractivity contribution is 0.218. The highest BCUT2D eigenvalue weighted by Crippen LogP contribution is 2.13. The quantitative estimate of drug-likeness (QED) is 0.775. The highest BCUT2D eigenvalue weighted by atomic mass is 19.1. The Bertz CT molecular complexity index is 416. The molecular formula is C12H16F2N2O2. The van der Waals surface area contributed by atoms with E-state index >= 15 is 0 Å². The number of nitrogens with one attached hydrogen (secondary N) is 2. The van der Waals surface area contributed by atoms with E-state index in [-0.39, 0.29) is 12.3 Å². The minimum absolute atomic E-state index is 0.0322. The Morgan fingerprint density at radius 2 is 1.83 bits per heavy atom. The molecular weight excluding hydrogens is 242 g/mol. The maximum Gasteiger partial charge on any atom is 0.319 e. The molecule has 0 bridgehead atoms. The van der Waals surface area contributed by atoms with Gasteiger partial charge in [0.05, 0.1) is 0 Å². The van der Waals surface area contributed by atoms with E-state index in [1.54, 1.807) is 13.8 Å². The third-order valence-electron chi connectivity index (χ3n) is 2.31. The fourth-order valence-electron chi connectivity index (χ4n) is 1.44. The molecule has 6 heteroatoms. The van der Waals surface area contributed by atoms with Crippen molar-refractivity contribution < 1.29 is 18.7 Å². The van der Waals surface area contributed by atoms with E-state index in [1.807, 2.05) is 0 Å². The zero-order valence-electron chi connectivity index (χ0n) is 10.3. The van der Waals surface area contributed by atoms with Crippen molar-refractivity contribution in [2.45, 2.75) is 25.8 Å². The van der Waals surface area contributed by atoms with Crippen LogP contribution in [0.3, 0.4) is 0 Å². The summed E-state index contributed by atoms with van der Waals surface area (Å²) in [7, 11) is 0. The smallest absolute Gasteiger partial charge is 0.319 e. The van der Waals surface area contributed by atoms with Gasteiger partial charge >= 0.3 is 6.03 Å². The van der Waals surface area contributed by atoms with Gasteiger partial charge in [-0.25, -0.2) is 13.6 Å². The monoisotopic (exact) mass is 258 g/mol. The van der Waals surface area contributed by atoms with Gasteiger partial charge in [-0.15, -0.1) is 0 Å². The molecule has 0 atom stereocenters. The van der Waals surface area contributed by atoms with Gasteiger partial charge in [-0.1, -0.05) is 0 Å². The number of carbonyl (C=O) groups excluding carboxylic acids is 1. The summed E-state index contributed by atoms with van der Waals surface area (Å²) in [5.41, 5.74) is -0.574. The van der Waals surface area contributed by atoms with Crippen LogP contribution in [0.5, 0.6) is 0 Å². The first-order valence-corrected chi connectivity index (χ1v) is 5.48. The third-order valence-corrected chi connectivity index (χ3v) is 2.31. The number of benzene rings is 1. The summed E-state index contributed by atoms with van der Waals surface area (Å²) in [5.74, 6) is -1.53. The minimum atomic E-state index is -0.764. The van der Waals surface area contributed by atoms with E-state index in [0.717, 1.165) is 18.2 Å². The normalized spacial score (nSPS) is 11.2. The summed E-state index contributed by atoms with van der Waals surface area (Å²) in [6, 6.07) is 2.17. The van der Waals surface area contributed by atoms with Crippen molar-refractivity contribution in [2.75, 3.05) is 11.9 Å². The molecule has 0 saturated carbocycles. The first-order valence-electron chi connectivity index (χ1n) is 5.48. The fourth-order valence-corrected chi connectivity index (χ4v) is 1.44. The molecule has 1 rings (SSSR count). The van der Waals surface area contributed by atoms with Gasteiger partial charge < -0.3 is 15.7 Å². The molecule has 0 unspecified atom stereocenters. The van der Waals surface area contributed by atoms with Crippen molar-refractivity contribution in [3.05, 3.63) is 29.8 Å². The standard InChI is InChI=1S/C12H16F2N2O2/c1-12(2,3-4-17)16-11(18)15-10-6-8(13)5-9(14)7-10/h5-7,17H,3-4H2,1-2H3,(H2,15,16,18). The molecule has 0 aromatic heterocycles. The molecule has 0 aliphatic rings. The molecule has 0 fully saturated rings. The van der Waals surface area contributed by atoms with Crippen molar-refractivity contribution in [3.8, 4) is 0 Å². The molecule has 1 aromatic rings. The van der Waals surface area contributed by atoms with E-state index in [4.69, 9.17) is 5.11 Å². The maximum atomic E-state index is 12.9. The highest BCUT2D eigenvalue weighted by Gasteiger charge is 2.19. The van der Waals surface area contributed by atoms with Gasteiger partial charge in [0.15, 0.2) is 0 Å². The summed E-state index contributed by atoms with van der Waals surface area (Å²) in [5, 5.41) is 13.7. The largest absolute Gasteiger partial charge is 0.396 e. The van der Waals surface area contributed by atoms with Gasteiger partial charge in [0.1, 0.15) is 11.6 Å². The Hall–Kier alpha value is -1.69. The Labute approximate surface area is 104 Å². The first kappa shape index (κ1) is 14.4. The number of rotatable bonds is 4. The topological polar surface area (TPSA) is 61.4 Å². The molecule has 0 saturated heterocycles. The van der Waals surface area contributed by atoms with Crippen LogP contribution >= 0.6 is 0 Å². The zero-order chi connectivity index (χ0) is 13.8. The molecule has 0 aliphatic heterocycles. The number of amides is 2. The van der Waals surface area contributed by atoms with Crippen molar-refractivity contribution in [1.82, 2.24) is 5.32 Å². The van der Waals surface area contributed by atoms with E-state index in [1.165, 1.54) is 0 Å². The van der Waals surface area contributed by atoms with E-state index in [2.05, 4.69) is 10.6 Å². The summed E-state index contributed by atoms with van der Waals surface area (Å²) in [6.07, 6.45) is 0.373. The molecule has 1 aromatic carbocycles. The number of carbonyl (C=O) groups is 1. The number of aliphatic hydroxyl groups is 1. The summed E-state index contributed by atoms with van der Waals surface area (Å²) in [6.45, 7) is 3.39. The molecule has 4 nitrogen and oxygen atoms in total. The Kier molecular flexibility index (Phi) is 4.61. The number of hydrogen-bond donors (Lipinski definition) is 3. The Morgan fingerprint density at radius 3 is 2.33 bits per heavy atom. The van der Waals surface area contributed by atoms with Crippen LogP contribution < -0.4 is 10.6 Å². The molecule has 100 valence electrons. The predicted molar refractivity (Wildman–Crippen MR) is 64.3 cm³/mol. The number of halogens is 2. The van der Waals surface area contributed by atoms with Crippen LogP contribution in [0.4, 0.5) is 19.3 Å². The number of urea groups is 1. The van der Waals surface area contributed by atoms with Crippen molar-refractivity contribution in [3.63, 3.8) is 0 Å². The molecule has 0 spiro atoms. The molecule has 2 amide bonds. The lowest BCUT2D eigenvalue weighted by Gasteiger charge is -2.25. The summed E-state index contributed by atoms with van der Waals surface area (Å²) >= 11 is 0. The van der Waals surface area contributed by atoms with Crippen molar-refractivity contribution in [2.24, 2.45) is 0 Å². The molecule has 0 radical (unpaired) electrons. The SMILES string of the molecule is CC(C)(CCO)NC(=O)Nc1cc(F)cc(F)c1. The second-order valence-electron chi connectivity index (χ2n) is 4.59. The van der Waals surface area contributed by atoms with Gasteiger partial charge in [-0.3, -0.25) is 0 Å². The first-order chi connectivity index (χ1) is 8.32. The minimum Gasteiger partial charge on any atom is -0.396 e. The van der Waals surface area contributed by atoms with Crippen molar-refractivity contribution >= 4 is 11.7 Å². The number of hydrogen-bond acceptors (Lipinski definition) is 2. The van der Waals surface area contributed by atoms with E-state index in [9.17, 15) is 13.6 Å². The van der Waals surface area contributed by atoms with Crippen LogP contribution in [-0.2, 0) is 0 Å². The summed E-state index contributed by atoms with van der Waals surface area (Å²) in [4.78, 5) is 11.6. The molecule has 0 aliphatic carbocycles. The van der Waals surface area contributed by atoms with E-state index in [0.29, 0.717) is 6.42 Å². The van der Waals surface area contributed by atoms with Crippen LogP contribution in [0.2, 0.25) is 0 Å². The zero-order valence-corrected chi connectivity index (χ0v) is 10.3. The third kappa shape index (κ3) is 4.67. The predicted octanol–water partition coefficient (Wildman–Crippen LogP) is 2.25. The van der Waals surface area contributed by atoms with Crippen LogP contribution in [0.15, 0.2) is 18.2 Å². The van der Waals surface area contributed by atoms with Crippen LogP contribution in [0, 0.1) is 11.6 Å². The van der Waals surface area contributed by atoms with Crippen LogP contribution in [0.1, 0.15) is 20.3 Å². The number of aliphatic hydroxyl groups excluding tert-OH is 1. The van der Waals surface area contributed by atoms with Gasteiger partial charge in [-0.05, 0) is 32.4 Å². The lowest BCUT2D eigenvalue weighted by atomic mass is 10.0. The molecule has 3 N–H and O–H groups in total. The highest BCUT2D eigenvalue weighted by molar-refractivity contribution is 5.89. The van der Waals surface area contributed by atoms with Crippen LogP contribution in [0.25, 0.3) is 0 Å². The van der Waals surface area contributed by atoms with Gasteiger partial charge in [0.25, 0.3) is 0 Å².